The minimum Gasteiger partial charge on any atom is -0.314 e. The van der Waals surface area contributed by atoms with Gasteiger partial charge in [0.2, 0.25) is 0 Å². The molecule has 0 bridgehead atoms. The molecule has 3 atom stereocenters. The average molecular weight is 238 g/mol. The van der Waals surface area contributed by atoms with Crippen molar-refractivity contribution in [1.29, 1.82) is 0 Å². The van der Waals surface area contributed by atoms with Gasteiger partial charge in [-0.25, -0.2) is 0 Å². The molecule has 0 spiro atoms. The number of piperidine rings is 1. The van der Waals surface area contributed by atoms with Crippen LogP contribution in [0.3, 0.4) is 0 Å². The van der Waals surface area contributed by atoms with Gasteiger partial charge in [-0.3, -0.25) is 0 Å². The van der Waals surface area contributed by atoms with E-state index in [0.717, 1.165) is 18.4 Å². The fourth-order valence-corrected chi connectivity index (χ4v) is 5.81. The van der Waals surface area contributed by atoms with Gasteiger partial charge in [0.05, 0.1) is 0 Å². The molecule has 76 valence electrons. The molecule has 2 fully saturated rings. The molecule has 2 aliphatic rings. The quantitative estimate of drug-likeness (QED) is 0.546. The van der Waals surface area contributed by atoms with Gasteiger partial charge in [-0.15, -0.1) is 22.2 Å². The van der Waals surface area contributed by atoms with Crippen LogP contribution in [0.5, 0.6) is 0 Å². The van der Waals surface area contributed by atoms with Gasteiger partial charge in [0.25, 0.3) is 7.42 Å². The second-order valence-corrected chi connectivity index (χ2v) is 9.19. The highest BCUT2D eigenvalue weighted by Crippen LogP contribution is 2.38. The Balaban J connectivity index is 2.02. The van der Waals surface area contributed by atoms with Gasteiger partial charge in [-0.1, -0.05) is 19.3 Å². The number of hydrogen-bond donors (Lipinski definition) is 1. The molecule has 1 saturated carbocycles. The maximum Gasteiger partial charge on any atom is 0.253 e. The van der Waals surface area contributed by atoms with E-state index in [4.69, 9.17) is 22.2 Å². The van der Waals surface area contributed by atoms with Crippen LogP contribution in [0.1, 0.15) is 32.1 Å². The molecule has 1 nitrogen and oxygen atoms in total. The zero-order valence-electron chi connectivity index (χ0n) is 7.81. The SMILES string of the molecule is Cl[SiH](Cl)C1NCCC2CCCCC21. The summed E-state index contributed by atoms with van der Waals surface area (Å²) in [5.74, 6) is 1.72. The Bertz CT molecular complexity index is 175. The maximum absolute atomic E-state index is 6.12. The summed E-state index contributed by atoms with van der Waals surface area (Å²) in [7, 11) is -1.51. The number of fused-ring (bicyclic) bond motifs is 1. The van der Waals surface area contributed by atoms with Crippen molar-refractivity contribution in [1.82, 2.24) is 5.32 Å². The molecule has 0 amide bonds. The van der Waals surface area contributed by atoms with Gasteiger partial charge in [0, 0.05) is 5.67 Å². The molecule has 1 heterocycles. The lowest BCUT2D eigenvalue weighted by Gasteiger charge is -2.42. The molecular weight excluding hydrogens is 221 g/mol. The van der Waals surface area contributed by atoms with E-state index in [2.05, 4.69) is 5.32 Å². The van der Waals surface area contributed by atoms with Crippen LogP contribution < -0.4 is 5.32 Å². The number of halogens is 2. The first-order chi connectivity index (χ1) is 6.29. The zero-order chi connectivity index (χ0) is 9.26. The summed E-state index contributed by atoms with van der Waals surface area (Å²) in [6.07, 6.45) is 6.91. The van der Waals surface area contributed by atoms with Crippen LogP contribution in [-0.4, -0.2) is 19.6 Å². The van der Waals surface area contributed by atoms with Crippen LogP contribution in [0.25, 0.3) is 0 Å². The lowest BCUT2D eigenvalue weighted by atomic mass is 9.75. The number of nitrogens with one attached hydrogen (secondary N) is 1. The Morgan fingerprint density at radius 1 is 1.08 bits per heavy atom. The summed E-state index contributed by atoms with van der Waals surface area (Å²) in [6, 6.07) is 0. The van der Waals surface area contributed by atoms with Crippen molar-refractivity contribution in [2.24, 2.45) is 11.8 Å². The average Bonchev–Trinajstić information content (AvgIpc) is 2.17. The van der Waals surface area contributed by atoms with Crippen molar-refractivity contribution >= 4 is 29.6 Å². The predicted molar refractivity (Wildman–Crippen MR) is 60.7 cm³/mol. The largest absolute Gasteiger partial charge is 0.314 e. The normalized spacial score (nSPS) is 40.4. The minimum absolute atomic E-state index is 0.488. The second-order valence-electron chi connectivity index (χ2n) is 4.31. The molecule has 1 aliphatic heterocycles. The molecule has 0 aromatic rings. The Morgan fingerprint density at radius 2 is 1.85 bits per heavy atom. The lowest BCUT2D eigenvalue weighted by molar-refractivity contribution is 0.167. The molecule has 1 N–H and O–H groups in total. The van der Waals surface area contributed by atoms with Crippen LogP contribution in [0, 0.1) is 11.8 Å². The second kappa shape index (κ2) is 4.52. The highest BCUT2D eigenvalue weighted by atomic mass is 35.7. The monoisotopic (exact) mass is 237 g/mol. The predicted octanol–water partition coefficient (Wildman–Crippen LogP) is 2.39. The van der Waals surface area contributed by atoms with E-state index in [9.17, 15) is 0 Å². The van der Waals surface area contributed by atoms with E-state index in [0.29, 0.717) is 5.67 Å². The molecule has 2 rings (SSSR count). The lowest BCUT2D eigenvalue weighted by Crippen LogP contribution is -2.52. The van der Waals surface area contributed by atoms with Crippen LogP contribution in [-0.2, 0) is 0 Å². The molecule has 0 radical (unpaired) electrons. The minimum atomic E-state index is -1.51. The highest BCUT2D eigenvalue weighted by Gasteiger charge is 2.38. The van der Waals surface area contributed by atoms with E-state index in [1.807, 2.05) is 0 Å². The first-order valence-corrected chi connectivity index (χ1v) is 9.46. The van der Waals surface area contributed by atoms with E-state index < -0.39 is 7.42 Å². The first-order valence-electron chi connectivity index (χ1n) is 5.30. The topological polar surface area (TPSA) is 12.0 Å². The Kier molecular flexibility index (Phi) is 3.57. The van der Waals surface area contributed by atoms with Crippen LogP contribution >= 0.6 is 22.2 Å². The van der Waals surface area contributed by atoms with E-state index >= 15 is 0 Å². The van der Waals surface area contributed by atoms with Gasteiger partial charge in [-0.05, 0) is 31.2 Å². The molecule has 0 aromatic heterocycles. The van der Waals surface area contributed by atoms with Crippen molar-refractivity contribution in [3.8, 4) is 0 Å². The van der Waals surface area contributed by atoms with Crippen molar-refractivity contribution < 1.29 is 0 Å². The Hall–Kier alpha value is 0.757. The third-order valence-corrected chi connectivity index (χ3v) is 6.50. The smallest absolute Gasteiger partial charge is 0.253 e. The van der Waals surface area contributed by atoms with Crippen molar-refractivity contribution in [2.45, 2.75) is 37.8 Å². The molecule has 1 saturated heterocycles. The summed E-state index contributed by atoms with van der Waals surface area (Å²) >= 11 is 12.2. The molecule has 13 heavy (non-hydrogen) atoms. The van der Waals surface area contributed by atoms with Gasteiger partial charge < -0.3 is 5.32 Å². The standard InChI is InChI=1S/C9H17Cl2NSi/c10-13(11)9-8-4-2-1-3-7(8)5-6-12-9/h7-9,12-13H,1-6H2. The summed E-state index contributed by atoms with van der Waals surface area (Å²) in [4.78, 5) is 0. The fraction of sp³-hybridized carbons (Fsp3) is 1.00. The van der Waals surface area contributed by atoms with Crippen LogP contribution in [0.15, 0.2) is 0 Å². The Morgan fingerprint density at radius 3 is 2.62 bits per heavy atom. The summed E-state index contributed by atoms with van der Waals surface area (Å²) in [5, 5.41) is 3.52. The first kappa shape index (κ1) is 10.3. The van der Waals surface area contributed by atoms with Crippen molar-refractivity contribution in [3.63, 3.8) is 0 Å². The highest BCUT2D eigenvalue weighted by molar-refractivity contribution is 7.34. The van der Waals surface area contributed by atoms with Crippen molar-refractivity contribution in [2.75, 3.05) is 6.54 Å². The molecule has 1 aliphatic carbocycles. The molecule has 4 heteroatoms. The number of hydrogen-bond acceptors (Lipinski definition) is 1. The van der Waals surface area contributed by atoms with E-state index in [1.54, 1.807) is 0 Å². The number of rotatable bonds is 1. The van der Waals surface area contributed by atoms with Gasteiger partial charge in [0.15, 0.2) is 0 Å². The molecule has 3 unspecified atom stereocenters. The maximum atomic E-state index is 6.12. The summed E-state index contributed by atoms with van der Waals surface area (Å²) in [6.45, 7) is 1.13. The Labute approximate surface area is 91.2 Å². The van der Waals surface area contributed by atoms with Gasteiger partial charge in [-0.2, -0.15) is 0 Å². The van der Waals surface area contributed by atoms with Gasteiger partial charge >= 0.3 is 0 Å². The van der Waals surface area contributed by atoms with Gasteiger partial charge in [0.1, 0.15) is 0 Å². The molecule has 0 aromatic carbocycles. The zero-order valence-corrected chi connectivity index (χ0v) is 10.5. The fourth-order valence-electron chi connectivity index (χ4n) is 2.93. The van der Waals surface area contributed by atoms with Crippen LogP contribution in [0.4, 0.5) is 0 Å². The van der Waals surface area contributed by atoms with E-state index in [-0.39, 0.29) is 0 Å². The van der Waals surface area contributed by atoms with Crippen molar-refractivity contribution in [3.05, 3.63) is 0 Å². The van der Waals surface area contributed by atoms with Crippen LogP contribution in [0.2, 0.25) is 0 Å². The van der Waals surface area contributed by atoms with E-state index in [1.165, 1.54) is 32.1 Å². The third-order valence-electron chi connectivity index (χ3n) is 3.60. The molecular formula is C9H17Cl2NSi. The summed E-state index contributed by atoms with van der Waals surface area (Å²) < 4.78 is 0. The third kappa shape index (κ3) is 2.23. The summed E-state index contributed by atoms with van der Waals surface area (Å²) in [5.41, 5.74) is 0.488.